The summed E-state index contributed by atoms with van der Waals surface area (Å²) >= 11 is 0. The molecule has 1 N–H and O–H groups in total. The molecule has 0 bridgehead atoms. The van der Waals surface area contributed by atoms with Gasteiger partial charge in [-0.1, -0.05) is 44.2 Å². The van der Waals surface area contributed by atoms with E-state index < -0.39 is 0 Å². The Balaban J connectivity index is 1.52. The van der Waals surface area contributed by atoms with E-state index in [1.165, 1.54) is 12.8 Å². The van der Waals surface area contributed by atoms with Crippen LogP contribution in [-0.4, -0.2) is 65.7 Å². The lowest BCUT2D eigenvalue weighted by molar-refractivity contribution is -0.155. The standard InChI is InChI=1S/C31H42N2O3/c1-23(2)20-33(29(35)25-8-5-4-6-9-25)27-14-15-31(36-3)22-32(21-24-12-13-24)17-16-30(31,19-27)26-10-7-11-28(34)18-26/h4-11,18,23-24,27,34H,12-17,19-22H2,1-3H3/t27-,30+,31+/m1/s1. The van der Waals surface area contributed by atoms with E-state index in [-0.39, 0.29) is 23.0 Å². The first-order valence-corrected chi connectivity index (χ1v) is 13.8. The second-order valence-electron chi connectivity index (χ2n) is 11.9. The molecule has 0 aromatic heterocycles. The molecule has 5 heteroatoms. The summed E-state index contributed by atoms with van der Waals surface area (Å²) in [6, 6.07) is 17.7. The van der Waals surface area contributed by atoms with Gasteiger partial charge in [-0.15, -0.1) is 0 Å². The van der Waals surface area contributed by atoms with Crippen LogP contribution in [0.25, 0.3) is 0 Å². The average Bonchev–Trinajstić information content (AvgIpc) is 3.71. The number of piperidine rings is 1. The molecule has 194 valence electrons. The summed E-state index contributed by atoms with van der Waals surface area (Å²) in [6.45, 7) is 8.22. The molecule has 0 spiro atoms. The lowest BCUT2D eigenvalue weighted by Gasteiger charge is -2.61. The van der Waals surface area contributed by atoms with Crippen LogP contribution in [-0.2, 0) is 10.2 Å². The van der Waals surface area contributed by atoms with E-state index in [4.69, 9.17) is 4.74 Å². The molecule has 2 aromatic carbocycles. The van der Waals surface area contributed by atoms with E-state index in [2.05, 4.69) is 29.7 Å². The van der Waals surface area contributed by atoms with Gasteiger partial charge in [0.25, 0.3) is 5.91 Å². The van der Waals surface area contributed by atoms with Gasteiger partial charge in [0.15, 0.2) is 0 Å². The Morgan fingerprint density at radius 3 is 2.56 bits per heavy atom. The van der Waals surface area contributed by atoms with Crippen molar-refractivity contribution >= 4 is 5.91 Å². The highest BCUT2D eigenvalue weighted by atomic mass is 16.5. The van der Waals surface area contributed by atoms with Crippen molar-refractivity contribution in [1.82, 2.24) is 9.80 Å². The van der Waals surface area contributed by atoms with Gasteiger partial charge >= 0.3 is 0 Å². The van der Waals surface area contributed by atoms with Crippen LogP contribution in [0.1, 0.15) is 68.3 Å². The zero-order chi connectivity index (χ0) is 25.3. The molecule has 0 radical (unpaired) electrons. The molecular formula is C31H42N2O3. The summed E-state index contributed by atoms with van der Waals surface area (Å²) < 4.78 is 6.54. The molecule has 5 rings (SSSR count). The monoisotopic (exact) mass is 490 g/mol. The normalized spacial score (nSPS) is 28.6. The van der Waals surface area contributed by atoms with Crippen LogP contribution >= 0.6 is 0 Å². The number of benzene rings is 2. The highest BCUT2D eigenvalue weighted by Gasteiger charge is 2.60. The van der Waals surface area contributed by atoms with E-state index in [9.17, 15) is 9.90 Å². The van der Waals surface area contributed by atoms with E-state index in [0.29, 0.717) is 11.7 Å². The van der Waals surface area contributed by atoms with E-state index in [1.807, 2.05) is 49.6 Å². The first kappa shape index (κ1) is 25.3. The maximum atomic E-state index is 13.8. The summed E-state index contributed by atoms with van der Waals surface area (Å²) in [5, 5.41) is 10.5. The van der Waals surface area contributed by atoms with Gasteiger partial charge in [-0.05, 0) is 86.7 Å². The number of rotatable bonds is 8. The molecule has 2 aliphatic carbocycles. The first-order chi connectivity index (χ1) is 17.4. The number of aromatic hydroxyl groups is 1. The molecule has 1 amide bonds. The molecule has 36 heavy (non-hydrogen) atoms. The highest BCUT2D eigenvalue weighted by molar-refractivity contribution is 5.94. The Labute approximate surface area is 216 Å². The van der Waals surface area contributed by atoms with Crippen molar-refractivity contribution < 1.29 is 14.6 Å². The van der Waals surface area contributed by atoms with Crippen LogP contribution in [0.3, 0.4) is 0 Å². The number of carbonyl (C=O) groups is 1. The molecule has 3 atom stereocenters. The van der Waals surface area contributed by atoms with Gasteiger partial charge < -0.3 is 19.6 Å². The number of likely N-dealkylation sites (tertiary alicyclic amines) is 1. The lowest BCUT2D eigenvalue weighted by Crippen LogP contribution is -2.68. The van der Waals surface area contributed by atoms with Crippen LogP contribution in [0.2, 0.25) is 0 Å². The molecule has 3 fully saturated rings. The number of hydrogen-bond donors (Lipinski definition) is 1. The van der Waals surface area contributed by atoms with Crippen molar-refractivity contribution in [3.63, 3.8) is 0 Å². The van der Waals surface area contributed by atoms with Gasteiger partial charge in [0.2, 0.25) is 0 Å². The van der Waals surface area contributed by atoms with Crippen molar-refractivity contribution in [2.45, 2.75) is 69.4 Å². The lowest BCUT2D eigenvalue weighted by atomic mass is 9.55. The molecule has 1 heterocycles. The number of methoxy groups -OCH3 is 1. The maximum Gasteiger partial charge on any atom is 0.254 e. The molecule has 1 aliphatic heterocycles. The minimum Gasteiger partial charge on any atom is -0.508 e. The Morgan fingerprint density at radius 2 is 1.89 bits per heavy atom. The quantitative estimate of drug-likeness (QED) is 0.532. The predicted molar refractivity (Wildman–Crippen MR) is 143 cm³/mol. The smallest absolute Gasteiger partial charge is 0.254 e. The van der Waals surface area contributed by atoms with E-state index >= 15 is 0 Å². The van der Waals surface area contributed by atoms with Crippen LogP contribution in [0.5, 0.6) is 5.75 Å². The molecular weight excluding hydrogens is 448 g/mol. The Kier molecular flexibility index (Phi) is 7.15. The van der Waals surface area contributed by atoms with Gasteiger partial charge in [0.05, 0.1) is 5.60 Å². The highest BCUT2D eigenvalue weighted by Crippen LogP contribution is 2.55. The summed E-state index contributed by atoms with van der Waals surface area (Å²) in [7, 11) is 1.87. The molecule has 2 aromatic rings. The average molecular weight is 491 g/mol. The third-order valence-corrected chi connectivity index (χ3v) is 8.96. The third kappa shape index (κ3) is 4.80. The fourth-order valence-corrected chi connectivity index (χ4v) is 6.99. The molecule has 3 aliphatic rings. The Morgan fingerprint density at radius 1 is 1.11 bits per heavy atom. The summed E-state index contributed by atoms with van der Waals surface area (Å²) in [6.07, 6.45) is 6.36. The van der Waals surface area contributed by atoms with E-state index in [0.717, 1.165) is 68.9 Å². The fraction of sp³-hybridized carbons (Fsp3) is 0.581. The third-order valence-electron chi connectivity index (χ3n) is 8.96. The Bertz CT molecular complexity index is 1050. The second kappa shape index (κ2) is 10.2. The van der Waals surface area contributed by atoms with Crippen LogP contribution < -0.4 is 0 Å². The number of ether oxygens (including phenoxy) is 1. The largest absolute Gasteiger partial charge is 0.508 e. The predicted octanol–water partition coefficient (Wildman–Crippen LogP) is 5.48. The van der Waals surface area contributed by atoms with Crippen LogP contribution in [0.4, 0.5) is 0 Å². The zero-order valence-corrected chi connectivity index (χ0v) is 22.2. The minimum atomic E-state index is -0.330. The number of phenols is 1. The molecule has 2 saturated carbocycles. The molecule has 0 unspecified atom stereocenters. The van der Waals surface area contributed by atoms with Gasteiger partial charge in [-0.25, -0.2) is 0 Å². The van der Waals surface area contributed by atoms with Crippen molar-refractivity contribution in [3.05, 3.63) is 65.7 Å². The van der Waals surface area contributed by atoms with Crippen molar-refractivity contribution in [1.29, 1.82) is 0 Å². The number of fused-ring (bicyclic) bond motifs is 1. The number of amides is 1. The number of carbonyl (C=O) groups excluding carboxylic acids is 1. The van der Waals surface area contributed by atoms with Gasteiger partial charge in [-0.2, -0.15) is 0 Å². The van der Waals surface area contributed by atoms with Crippen molar-refractivity contribution in [2.75, 3.05) is 33.3 Å². The summed E-state index contributed by atoms with van der Waals surface area (Å²) in [5.74, 6) is 1.64. The summed E-state index contributed by atoms with van der Waals surface area (Å²) in [4.78, 5) is 18.6. The topological polar surface area (TPSA) is 53.0 Å². The number of hydrogen-bond acceptors (Lipinski definition) is 4. The van der Waals surface area contributed by atoms with Gasteiger partial charge in [0, 0.05) is 43.8 Å². The van der Waals surface area contributed by atoms with Crippen LogP contribution in [0, 0.1) is 11.8 Å². The SMILES string of the molecule is CO[C@]12CC[C@@H](N(CC(C)C)C(=O)c3ccccc3)C[C@]1(c1cccc(O)c1)CCN(CC1CC1)C2. The van der Waals surface area contributed by atoms with Gasteiger partial charge in [0.1, 0.15) is 5.75 Å². The van der Waals surface area contributed by atoms with Crippen molar-refractivity contribution in [2.24, 2.45) is 11.8 Å². The molecule has 5 nitrogen and oxygen atoms in total. The molecule has 1 saturated heterocycles. The summed E-state index contributed by atoms with van der Waals surface area (Å²) in [5.41, 5.74) is 1.32. The minimum absolute atomic E-state index is 0.122. The fourth-order valence-electron chi connectivity index (χ4n) is 6.99. The maximum absolute atomic E-state index is 13.8. The Hall–Kier alpha value is -2.37. The number of nitrogens with zero attached hydrogens (tertiary/aromatic N) is 2. The number of phenolic OH excluding ortho intramolecular Hbond substituents is 1. The van der Waals surface area contributed by atoms with Gasteiger partial charge in [-0.3, -0.25) is 4.79 Å². The van der Waals surface area contributed by atoms with E-state index in [1.54, 1.807) is 6.07 Å². The zero-order valence-electron chi connectivity index (χ0n) is 22.2. The second-order valence-corrected chi connectivity index (χ2v) is 11.9. The first-order valence-electron chi connectivity index (χ1n) is 13.8. The van der Waals surface area contributed by atoms with Crippen LogP contribution in [0.15, 0.2) is 54.6 Å². The van der Waals surface area contributed by atoms with Crippen molar-refractivity contribution in [3.8, 4) is 5.75 Å².